The number of carbonyl (C=O) groups excluding carboxylic acids is 1. The molecule has 1 N–H and O–H groups in total. The molecule has 0 bridgehead atoms. The molecule has 0 spiro atoms. The zero-order chi connectivity index (χ0) is 18.7. The van der Waals surface area contributed by atoms with Gasteiger partial charge in [-0.3, -0.25) is 9.78 Å². The standard InChI is InChI=1S/C20H20BrN3O2/c1-13-10-18(15-6-4-5-7-16(15)22-13)24(2)14-8-9-19(26-3)17(11-14)23-20(25)12-21/h4-11H,12H2,1-3H3,(H,23,25). The molecule has 3 aromatic rings. The molecule has 1 aromatic heterocycles. The van der Waals surface area contributed by atoms with Gasteiger partial charge in [-0.2, -0.15) is 0 Å². The van der Waals surface area contributed by atoms with Gasteiger partial charge in [0.15, 0.2) is 0 Å². The molecule has 0 aliphatic heterocycles. The molecule has 1 amide bonds. The summed E-state index contributed by atoms with van der Waals surface area (Å²) in [6, 6.07) is 15.8. The van der Waals surface area contributed by atoms with Crippen LogP contribution in [0.25, 0.3) is 10.9 Å². The number of anilines is 3. The van der Waals surface area contributed by atoms with E-state index in [1.165, 1.54) is 0 Å². The lowest BCUT2D eigenvalue weighted by molar-refractivity contribution is -0.113. The minimum absolute atomic E-state index is 0.131. The van der Waals surface area contributed by atoms with Gasteiger partial charge in [-0.05, 0) is 37.3 Å². The predicted molar refractivity (Wildman–Crippen MR) is 110 cm³/mol. The summed E-state index contributed by atoms with van der Waals surface area (Å²) in [6.07, 6.45) is 0. The molecule has 134 valence electrons. The number of carbonyl (C=O) groups is 1. The fourth-order valence-electron chi connectivity index (χ4n) is 2.89. The lowest BCUT2D eigenvalue weighted by Gasteiger charge is -2.23. The first-order valence-corrected chi connectivity index (χ1v) is 9.29. The smallest absolute Gasteiger partial charge is 0.235 e. The number of halogens is 1. The average Bonchev–Trinajstić information content (AvgIpc) is 2.66. The monoisotopic (exact) mass is 413 g/mol. The molecule has 0 saturated heterocycles. The quantitative estimate of drug-likeness (QED) is 0.618. The summed E-state index contributed by atoms with van der Waals surface area (Å²) < 4.78 is 5.36. The topological polar surface area (TPSA) is 54.5 Å². The van der Waals surface area contributed by atoms with E-state index in [1.807, 2.05) is 50.4 Å². The van der Waals surface area contributed by atoms with Crippen molar-refractivity contribution in [1.82, 2.24) is 4.98 Å². The van der Waals surface area contributed by atoms with Crippen molar-refractivity contribution in [3.05, 3.63) is 54.2 Å². The number of nitrogens with zero attached hydrogens (tertiary/aromatic N) is 2. The first kappa shape index (κ1) is 18.2. The van der Waals surface area contributed by atoms with Crippen LogP contribution in [-0.2, 0) is 4.79 Å². The van der Waals surface area contributed by atoms with Gasteiger partial charge in [-0.15, -0.1) is 0 Å². The Balaban J connectivity index is 2.07. The molecule has 0 aliphatic carbocycles. The SMILES string of the molecule is COc1ccc(N(C)c2cc(C)nc3ccccc23)cc1NC(=O)CBr. The Morgan fingerprint density at radius 2 is 2.00 bits per heavy atom. The van der Waals surface area contributed by atoms with Crippen molar-refractivity contribution in [3.8, 4) is 5.75 Å². The summed E-state index contributed by atoms with van der Waals surface area (Å²) in [4.78, 5) is 18.5. The van der Waals surface area contributed by atoms with E-state index in [0.717, 1.165) is 28.0 Å². The first-order chi connectivity index (χ1) is 12.5. The molecular weight excluding hydrogens is 394 g/mol. The van der Waals surface area contributed by atoms with Crippen molar-refractivity contribution < 1.29 is 9.53 Å². The molecule has 0 aliphatic rings. The molecule has 3 rings (SSSR count). The van der Waals surface area contributed by atoms with E-state index in [9.17, 15) is 4.79 Å². The number of rotatable bonds is 5. The number of hydrogen-bond acceptors (Lipinski definition) is 4. The van der Waals surface area contributed by atoms with Gasteiger partial charge in [0.05, 0.1) is 29.3 Å². The number of benzene rings is 2. The van der Waals surface area contributed by atoms with Gasteiger partial charge in [0, 0.05) is 23.8 Å². The maximum atomic E-state index is 11.8. The lowest BCUT2D eigenvalue weighted by Crippen LogP contribution is -2.15. The normalized spacial score (nSPS) is 10.6. The van der Waals surface area contributed by atoms with E-state index in [2.05, 4.69) is 43.3 Å². The summed E-state index contributed by atoms with van der Waals surface area (Å²) in [7, 11) is 3.58. The van der Waals surface area contributed by atoms with E-state index in [-0.39, 0.29) is 11.2 Å². The largest absolute Gasteiger partial charge is 0.495 e. The van der Waals surface area contributed by atoms with E-state index in [4.69, 9.17) is 4.74 Å². The summed E-state index contributed by atoms with van der Waals surface area (Å²) in [5, 5.41) is 4.15. The van der Waals surface area contributed by atoms with Crippen molar-refractivity contribution in [2.24, 2.45) is 0 Å². The maximum Gasteiger partial charge on any atom is 0.235 e. The number of aryl methyl sites for hydroxylation is 1. The number of para-hydroxylation sites is 1. The second kappa shape index (κ2) is 7.74. The molecule has 0 radical (unpaired) electrons. The molecule has 6 heteroatoms. The number of alkyl halides is 1. The second-order valence-corrected chi connectivity index (χ2v) is 6.49. The molecule has 2 aromatic carbocycles. The number of fused-ring (bicyclic) bond motifs is 1. The number of nitrogens with one attached hydrogen (secondary N) is 1. The fraction of sp³-hybridized carbons (Fsp3) is 0.200. The Labute approximate surface area is 161 Å². The minimum atomic E-state index is -0.131. The number of methoxy groups -OCH3 is 1. The van der Waals surface area contributed by atoms with Crippen molar-refractivity contribution in [3.63, 3.8) is 0 Å². The Hall–Kier alpha value is -2.60. The summed E-state index contributed by atoms with van der Waals surface area (Å²) >= 11 is 3.17. The van der Waals surface area contributed by atoms with Gasteiger partial charge in [-0.25, -0.2) is 0 Å². The fourth-order valence-corrected chi connectivity index (χ4v) is 3.03. The molecule has 0 saturated carbocycles. The van der Waals surface area contributed by atoms with Crippen LogP contribution in [-0.4, -0.2) is 30.4 Å². The van der Waals surface area contributed by atoms with Crippen LogP contribution in [0, 0.1) is 6.92 Å². The van der Waals surface area contributed by atoms with Crippen LogP contribution in [0.5, 0.6) is 5.75 Å². The van der Waals surface area contributed by atoms with Crippen LogP contribution in [0.15, 0.2) is 48.5 Å². The Morgan fingerprint density at radius 3 is 2.73 bits per heavy atom. The van der Waals surface area contributed by atoms with Crippen LogP contribution in [0.1, 0.15) is 5.69 Å². The average molecular weight is 414 g/mol. The van der Waals surface area contributed by atoms with Gasteiger partial charge < -0.3 is 15.0 Å². The van der Waals surface area contributed by atoms with Crippen LogP contribution in [0.2, 0.25) is 0 Å². The zero-order valence-electron chi connectivity index (χ0n) is 14.9. The third-order valence-corrected chi connectivity index (χ3v) is 4.66. The van der Waals surface area contributed by atoms with Gasteiger partial charge in [0.1, 0.15) is 5.75 Å². The highest BCUT2D eigenvalue weighted by Crippen LogP contribution is 2.35. The number of ether oxygens (including phenoxy) is 1. The van der Waals surface area contributed by atoms with Gasteiger partial charge in [0.2, 0.25) is 5.91 Å². The Kier molecular flexibility index (Phi) is 5.42. The molecule has 5 nitrogen and oxygen atoms in total. The third-order valence-electron chi connectivity index (χ3n) is 4.15. The summed E-state index contributed by atoms with van der Waals surface area (Å²) in [5.74, 6) is 0.487. The van der Waals surface area contributed by atoms with Crippen molar-refractivity contribution >= 4 is 49.8 Å². The van der Waals surface area contributed by atoms with E-state index in [0.29, 0.717) is 11.4 Å². The number of pyridine rings is 1. The predicted octanol–water partition coefficient (Wildman–Crippen LogP) is 4.65. The molecule has 26 heavy (non-hydrogen) atoms. The van der Waals surface area contributed by atoms with E-state index < -0.39 is 0 Å². The van der Waals surface area contributed by atoms with Gasteiger partial charge in [0.25, 0.3) is 0 Å². The van der Waals surface area contributed by atoms with Gasteiger partial charge in [-0.1, -0.05) is 34.1 Å². The van der Waals surface area contributed by atoms with Crippen LogP contribution in [0.3, 0.4) is 0 Å². The molecule has 0 unspecified atom stereocenters. The highest BCUT2D eigenvalue weighted by Gasteiger charge is 2.13. The number of aromatic nitrogens is 1. The number of hydrogen-bond donors (Lipinski definition) is 1. The van der Waals surface area contributed by atoms with Crippen molar-refractivity contribution in [2.75, 3.05) is 29.7 Å². The van der Waals surface area contributed by atoms with Crippen LogP contribution < -0.4 is 15.0 Å². The second-order valence-electron chi connectivity index (χ2n) is 5.93. The van der Waals surface area contributed by atoms with Crippen molar-refractivity contribution in [1.29, 1.82) is 0 Å². The highest BCUT2D eigenvalue weighted by atomic mass is 79.9. The third kappa shape index (κ3) is 3.65. The molecule has 1 heterocycles. The minimum Gasteiger partial charge on any atom is -0.495 e. The Morgan fingerprint density at radius 1 is 1.23 bits per heavy atom. The zero-order valence-corrected chi connectivity index (χ0v) is 16.5. The number of amides is 1. The lowest BCUT2D eigenvalue weighted by atomic mass is 10.1. The highest BCUT2D eigenvalue weighted by molar-refractivity contribution is 9.09. The first-order valence-electron chi connectivity index (χ1n) is 8.17. The van der Waals surface area contributed by atoms with Gasteiger partial charge >= 0.3 is 0 Å². The van der Waals surface area contributed by atoms with E-state index >= 15 is 0 Å². The summed E-state index contributed by atoms with van der Waals surface area (Å²) in [6.45, 7) is 1.99. The molecular formula is C20H20BrN3O2. The summed E-state index contributed by atoms with van der Waals surface area (Å²) in [5.41, 5.74) is 4.53. The molecule has 0 atom stereocenters. The van der Waals surface area contributed by atoms with Crippen LogP contribution in [0.4, 0.5) is 17.1 Å². The Bertz CT molecular complexity index is 959. The van der Waals surface area contributed by atoms with Crippen LogP contribution >= 0.6 is 15.9 Å². The molecule has 0 fully saturated rings. The van der Waals surface area contributed by atoms with Crippen molar-refractivity contribution in [2.45, 2.75) is 6.92 Å². The van der Waals surface area contributed by atoms with E-state index in [1.54, 1.807) is 7.11 Å². The maximum absolute atomic E-state index is 11.8.